The normalized spacial score (nSPS) is 30.4. The second kappa shape index (κ2) is 6.56. The van der Waals surface area contributed by atoms with Crippen LogP contribution in [-0.4, -0.2) is 29.9 Å². The Morgan fingerprint density at radius 1 is 1.18 bits per heavy atom. The second-order valence-electron chi connectivity index (χ2n) is 6.35. The highest BCUT2D eigenvalue weighted by Gasteiger charge is 2.34. The molecule has 17 heavy (non-hydrogen) atoms. The minimum absolute atomic E-state index is 0.596. The van der Waals surface area contributed by atoms with Crippen LogP contribution in [0.2, 0.25) is 0 Å². The van der Waals surface area contributed by atoms with Crippen LogP contribution in [-0.2, 0) is 0 Å². The Morgan fingerprint density at radius 3 is 2.41 bits per heavy atom. The molecule has 0 spiro atoms. The van der Waals surface area contributed by atoms with Gasteiger partial charge < -0.3 is 4.90 Å². The van der Waals surface area contributed by atoms with Crippen molar-refractivity contribution in [2.45, 2.75) is 58.3 Å². The number of halogens is 1. The third kappa shape index (κ3) is 3.70. The van der Waals surface area contributed by atoms with E-state index >= 15 is 0 Å². The van der Waals surface area contributed by atoms with Gasteiger partial charge in [0.1, 0.15) is 0 Å². The van der Waals surface area contributed by atoms with Crippen LogP contribution in [0.3, 0.4) is 0 Å². The van der Waals surface area contributed by atoms with Gasteiger partial charge in [0.2, 0.25) is 0 Å². The smallest absolute Gasteiger partial charge is 0.0100 e. The lowest BCUT2D eigenvalue weighted by Crippen LogP contribution is -2.37. The molecule has 2 rings (SSSR count). The van der Waals surface area contributed by atoms with Crippen molar-refractivity contribution >= 4 is 15.9 Å². The third-order valence-corrected chi connectivity index (χ3v) is 6.14. The van der Waals surface area contributed by atoms with Crippen LogP contribution >= 0.6 is 15.9 Å². The first-order valence-electron chi connectivity index (χ1n) is 7.56. The van der Waals surface area contributed by atoms with Crippen molar-refractivity contribution in [3.63, 3.8) is 0 Å². The first-order chi connectivity index (χ1) is 8.28. The van der Waals surface area contributed by atoms with Crippen molar-refractivity contribution in [1.29, 1.82) is 0 Å². The lowest BCUT2D eigenvalue weighted by molar-refractivity contribution is 0.171. The van der Waals surface area contributed by atoms with Crippen LogP contribution in [0.15, 0.2) is 0 Å². The van der Waals surface area contributed by atoms with Gasteiger partial charge in [-0.05, 0) is 37.1 Å². The maximum atomic E-state index is 3.82. The molecule has 1 saturated heterocycles. The number of hydrogen-bond donors (Lipinski definition) is 0. The predicted molar refractivity (Wildman–Crippen MR) is 78.8 cm³/mol. The lowest BCUT2D eigenvalue weighted by atomic mass is 9.82. The van der Waals surface area contributed by atoms with Gasteiger partial charge >= 0.3 is 0 Å². The Morgan fingerprint density at radius 2 is 1.88 bits per heavy atom. The van der Waals surface area contributed by atoms with Gasteiger partial charge in [-0.3, -0.25) is 0 Å². The topological polar surface area (TPSA) is 3.24 Å². The van der Waals surface area contributed by atoms with Crippen molar-refractivity contribution in [2.75, 3.05) is 25.0 Å². The summed E-state index contributed by atoms with van der Waals surface area (Å²) >= 11 is 3.82. The molecule has 0 aromatic heterocycles. The first-order valence-corrected chi connectivity index (χ1v) is 8.68. The second-order valence-corrected chi connectivity index (χ2v) is 6.91. The molecule has 1 heterocycles. The fraction of sp³-hybridized carbons (Fsp3) is 1.00. The van der Waals surface area contributed by atoms with E-state index in [9.17, 15) is 0 Å². The van der Waals surface area contributed by atoms with Crippen molar-refractivity contribution in [1.82, 2.24) is 4.90 Å². The molecule has 1 unspecified atom stereocenters. The summed E-state index contributed by atoms with van der Waals surface area (Å²) in [6, 6.07) is 0. The Hall–Kier alpha value is 0.440. The van der Waals surface area contributed by atoms with E-state index < -0.39 is 0 Å². The Bertz CT molecular complexity index is 221. The van der Waals surface area contributed by atoms with Crippen molar-refractivity contribution < 1.29 is 0 Å². The average Bonchev–Trinajstić information content (AvgIpc) is 2.67. The molecule has 1 saturated carbocycles. The molecule has 1 nitrogen and oxygen atoms in total. The highest BCUT2D eigenvalue weighted by atomic mass is 79.9. The van der Waals surface area contributed by atoms with E-state index in [1.165, 1.54) is 76.3 Å². The van der Waals surface area contributed by atoms with Gasteiger partial charge in [0.25, 0.3) is 0 Å². The van der Waals surface area contributed by atoms with Gasteiger partial charge in [-0.25, -0.2) is 0 Å². The highest BCUT2D eigenvalue weighted by Crippen LogP contribution is 2.38. The minimum atomic E-state index is 0.596. The Kier molecular flexibility index (Phi) is 5.35. The van der Waals surface area contributed by atoms with E-state index in [0.29, 0.717) is 5.41 Å². The Balaban J connectivity index is 1.89. The summed E-state index contributed by atoms with van der Waals surface area (Å²) in [6.45, 7) is 6.42. The Labute approximate surface area is 115 Å². The van der Waals surface area contributed by atoms with Crippen molar-refractivity contribution in [3.8, 4) is 0 Å². The molecule has 0 bridgehead atoms. The summed E-state index contributed by atoms with van der Waals surface area (Å²) in [5.41, 5.74) is 0.596. The number of nitrogens with zero attached hydrogens (tertiary/aromatic N) is 1. The van der Waals surface area contributed by atoms with E-state index in [4.69, 9.17) is 0 Å². The van der Waals surface area contributed by atoms with Gasteiger partial charge in [-0.1, -0.05) is 55.0 Å². The van der Waals surface area contributed by atoms with Crippen LogP contribution in [0.25, 0.3) is 0 Å². The molecule has 1 atom stereocenters. The number of rotatable bonds is 4. The summed E-state index contributed by atoms with van der Waals surface area (Å²) < 4.78 is 0. The summed E-state index contributed by atoms with van der Waals surface area (Å²) in [5, 5.41) is 1.22. The maximum Gasteiger partial charge on any atom is 0.0100 e. The third-order valence-electron chi connectivity index (χ3n) is 4.95. The van der Waals surface area contributed by atoms with E-state index in [1.54, 1.807) is 0 Å². The molecule has 0 N–H and O–H groups in total. The number of likely N-dealkylation sites (tertiary alicyclic amines) is 1. The maximum absolute atomic E-state index is 3.82. The van der Waals surface area contributed by atoms with Gasteiger partial charge in [-0.15, -0.1) is 0 Å². The summed E-state index contributed by atoms with van der Waals surface area (Å²) in [5.74, 6) is 0.980. The molecule has 0 aromatic rings. The molecule has 0 amide bonds. The van der Waals surface area contributed by atoms with Gasteiger partial charge in [-0.2, -0.15) is 0 Å². The largest absolute Gasteiger partial charge is 0.302 e. The summed E-state index contributed by atoms with van der Waals surface area (Å²) in [7, 11) is 0. The molecule has 1 aliphatic carbocycles. The summed E-state index contributed by atoms with van der Waals surface area (Å²) in [6.07, 6.45) is 11.6. The van der Waals surface area contributed by atoms with Crippen molar-refractivity contribution in [2.24, 2.45) is 11.3 Å². The fourth-order valence-electron chi connectivity index (χ4n) is 3.68. The molecule has 2 fully saturated rings. The van der Waals surface area contributed by atoms with Crippen LogP contribution in [0.5, 0.6) is 0 Å². The highest BCUT2D eigenvalue weighted by molar-refractivity contribution is 9.09. The number of alkyl halides is 1. The van der Waals surface area contributed by atoms with Crippen LogP contribution < -0.4 is 0 Å². The van der Waals surface area contributed by atoms with E-state index in [1.807, 2.05) is 0 Å². The molecule has 0 radical (unpaired) electrons. The quantitative estimate of drug-likeness (QED) is 0.547. The molecule has 2 heteroatoms. The summed E-state index contributed by atoms with van der Waals surface area (Å²) in [4.78, 5) is 2.75. The van der Waals surface area contributed by atoms with Gasteiger partial charge in [0, 0.05) is 18.4 Å². The minimum Gasteiger partial charge on any atom is -0.302 e. The van der Waals surface area contributed by atoms with Crippen molar-refractivity contribution in [3.05, 3.63) is 0 Å². The van der Waals surface area contributed by atoms with Crippen LogP contribution in [0, 0.1) is 11.3 Å². The van der Waals surface area contributed by atoms with E-state index in [-0.39, 0.29) is 0 Å². The standard InChI is InChI=1S/C15H28BrN/c1-2-14-7-10-17(11-14)13-15(12-16)8-5-3-4-6-9-15/h14H,2-13H2,1H3. The average molecular weight is 302 g/mol. The molecular weight excluding hydrogens is 274 g/mol. The number of hydrogen-bond acceptors (Lipinski definition) is 1. The molecule has 0 aromatic carbocycles. The van der Waals surface area contributed by atoms with E-state index in [0.717, 1.165) is 5.92 Å². The van der Waals surface area contributed by atoms with Gasteiger partial charge in [0.05, 0.1) is 0 Å². The van der Waals surface area contributed by atoms with Crippen LogP contribution in [0.4, 0.5) is 0 Å². The first kappa shape index (κ1) is 13.9. The monoisotopic (exact) mass is 301 g/mol. The van der Waals surface area contributed by atoms with Gasteiger partial charge in [0.15, 0.2) is 0 Å². The molecular formula is C15H28BrN. The molecule has 2 aliphatic rings. The van der Waals surface area contributed by atoms with E-state index in [2.05, 4.69) is 27.8 Å². The zero-order valence-electron chi connectivity index (χ0n) is 11.4. The zero-order chi connectivity index (χ0) is 12.1. The zero-order valence-corrected chi connectivity index (χ0v) is 13.0. The SMILES string of the molecule is CCC1CCN(CC2(CBr)CCCCCC2)C1. The molecule has 1 aliphatic heterocycles. The lowest BCUT2D eigenvalue weighted by Gasteiger charge is -2.35. The van der Waals surface area contributed by atoms with Crippen LogP contribution in [0.1, 0.15) is 58.3 Å². The molecule has 100 valence electrons. The fourth-order valence-corrected chi connectivity index (χ4v) is 4.41. The predicted octanol–water partition coefficient (Wildman–Crippen LogP) is 4.45.